The molecule has 5 N–H and O–H groups in total. The van der Waals surface area contributed by atoms with Gasteiger partial charge in [0.05, 0.1) is 18.8 Å². The first-order chi connectivity index (χ1) is 14.4. The molecule has 0 bridgehead atoms. The summed E-state index contributed by atoms with van der Waals surface area (Å²) in [5.41, 5.74) is 0.642. The molecular weight excluding hydrogens is 396 g/mol. The van der Waals surface area contributed by atoms with Crippen molar-refractivity contribution in [3.8, 4) is 5.75 Å². The van der Waals surface area contributed by atoms with Crippen molar-refractivity contribution in [1.29, 1.82) is 0 Å². The van der Waals surface area contributed by atoms with Gasteiger partial charge in [0.25, 0.3) is 0 Å². The average Bonchev–Trinajstić information content (AvgIpc) is 2.74. The van der Waals surface area contributed by atoms with Gasteiger partial charge < -0.3 is 39.7 Å². The van der Waals surface area contributed by atoms with Crippen molar-refractivity contribution in [3.63, 3.8) is 0 Å². The summed E-state index contributed by atoms with van der Waals surface area (Å²) in [6.45, 7) is -0.573. The number of carbonyl (C=O) groups excluding carboxylic acids is 1. The Bertz CT molecular complexity index is 718. The van der Waals surface area contributed by atoms with Crippen LogP contribution in [-0.2, 0) is 19.0 Å². The SMILES string of the molecule is O=C(/C=C/c1ccc(O)cc1)O[C@H]1[C@H](O)[C@@H](O)[C@H](O[C@@H]2CCCC[C@@H]2O)O[C@@H]1CO. The number of aliphatic hydroxyl groups is 4. The number of rotatable bonds is 6. The quantitative estimate of drug-likeness (QED) is 0.316. The smallest absolute Gasteiger partial charge is 0.331 e. The monoisotopic (exact) mass is 424 g/mol. The van der Waals surface area contributed by atoms with Gasteiger partial charge in [-0.3, -0.25) is 0 Å². The molecule has 0 spiro atoms. The van der Waals surface area contributed by atoms with E-state index in [-0.39, 0.29) is 5.75 Å². The normalized spacial score (nSPS) is 34.7. The zero-order valence-corrected chi connectivity index (χ0v) is 16.4. The first-order valence-corrected chi connectivity index (χ1v) is 10.0. The molecule has 0 unspecified atom stereocenters. The van der Waals surface area contributed by atoms with Gasteiger partial charge in [0.1, 0.15) is 24.1 Å². The Balaban J connectivity index is 1.61. The van der Waals surface area contributed by atoms with E-state index in [1.165, 1.54) is 18.2 Å². The van der Waals surface area contributed by atoms with E-state index < -0.39 is 55.5 Å². The summed E-state index contributed by atoms with van der Waals surface area (Å²) in [4.78, 5) is 12.2. The van der Waals surface area contributed by atoms with Crippen LogP contribution in [0.4, 0.5) is 0 Å². The Morgan fingerprint density at radius 3 is 2.47 bits per heavy atom. The second kappa shape index (κ2) is 10.3. The number of aliphatic hydroxyl groups excluding tert-OH is 4. The minimum absolute atomic E-state index is 0.0921. The molecule has 2 aliphatic rings. The third-order valence-electron chi connectivity index (χ3n) is 5.35. The van der Waals surface area contributed by atoms with Crippen LogP contribution >= 0.6 is 0 Å². The zero-order chi connectivity index (χ0) is 21.7. The number of esters is 1. The summed E-state index contributed by atoms with van der Waals surface area (Å²) < 4.78 is 16.4. The van der Waals surface area contributed by atoms with Crippen molar-refractivity contribution in [2.24, 2.45) is 0 Å². The standard InChI is InChI=1S/C21H28O9/c22-11-16-20(30-17(25)10-7-12-5-8-13(23)9-6-12)18(26)19(27)21(29-16)28-15-4-2-1-3-14(15)24/h5-10,14-16,18-24,26-27H,1-4,11H2/b10-7+/t14-,15+,16+,18+,19+,20+,21+/m0/s1. The molecule has 30 heavy (non-hydrogen) atoms. The lowest BCUT2D eigenvalue weighted by Gasteiger charge is -2.43. The molecule has 0 aromatic heterocycles. The summed E-state index contributed by atoms with van der Waals surface area (Å²) in [5.74, 6) is -0.710. The Morgan fingerprint density at radius 2 is 1.80 bits per heavy atom. The highest BCUT2D eigenvalue weighted by atomic mass is 16.7. The summed E-state index contributed by atoms with van der Waals surface area (Å²) in [6, 6.07) is 6.12. The van der Waals surface area contributed by atoms with E-state index in [0.717, 1.165) is 18.9 Å². The van der Waals surface area contributed by atoms with E-state index in [4.69, 9.17) is 14.2 Å². The van der Waals surface area contributed by atoms with Crippen LogP contribution in [0, 0.1) is 0 Å². The van der Waals surface area contributed by atoms with Crippen molar-refractivity contribution in [3.05, 3.63) is 35.9 Å². The molecule has 9 nitrogen and oxygen atoms in total. The highest BCUT2D eigenvalue weighted by Gasteiger charge is 2.48. The molecule has 1 saturated heterocycles. The summed E-state index contributed by atoms with van der Waals surface area (Å²) in [6.07, 6.45) is -2.50. The summed E-state index contributed by atoms with van der Waals surface area (Å²) >= 11 is 0. The molecule has 1 aliphatic carbocycles. The lowest BCUT2D eigenvalue weighted by Crippen LogP contribution is -2.61. The van der Waals surface area contributed by atoms with Crippen molar-refractivity contribution < 1.29 is 44.5 Å². The van der Waals surface area contributed by atoms with Crippen LogP contribution in [0.25, 0.3) is 6.08 Å². The number of hydrogen-bond donors (Lipinski definition) is 5. The first-order valence-electron chi connectivity index (χ1n) is 10.0. The highest BCUT2D eigenvalue weighted by molar-refractivity contribution is 5.87. The van der Waals surface area contributed by atoms with E-state index in [1.54, 1.807) is 12.1 Å². The number of phenols is 1. The maximum absolute atomic E-state index is 12.2. The third-order valence-corrected chi connectivity index (χ3v) is 5.35. The van der Waals surface area contributed by atoms with Gasteiger partial charge in [0.2, 0.25) is 0 Å². The molecule has 1 aromatic carbocycles. The molecule has 3 rings (SSSR count). The minimum Gasteiger partial charge on any atom is -0.508 e. The fourth-order valence-corrected chi connectivity index (χ4v) is 3.64. The van der Waals surface area contributed by atoms with E-state index in [1.807, 2.05) is 0 Å². The zero-order valence-electron chi connectivity index (χ0n) is 16.4. The van der Waals surface area contributed by atoms with E-state index in [0.29, 0.717) is 18.4 Å². The van der Waals surface area contributed by atoms with Gasteiger partial charge in [-0.15, -0.1) is 0 Å². The summed E-state index contributed by atoms with van der Waals surface area (Å²) in [7, 11) is 0. The second-order valence-corrected chi connectivity index (χ2v) is 7.56. The maximum atomic E-state index is 12.2. The van der Waals surface area contributed by atoms with E-state index in [2.05, 4.69) is 0 Å². The lowest BCUT2D eigenvalue weighted by atomic mass is 9.94. The van der Waals surface area contributed by atoms with Crippen LogP contribution in [0.1, 0.15) is 31.2 Å². The molecule has 0 amide bonds. The first kappa shape index (κ1) is 22.7. The van der Waals surface area contributed by atoms with Gasteiger partial charge in [-0.05, 0) is 36.6 Å². The predicted molar refractivity (Wildman–Crippen MR) is 104 cm³/mol. The topological polar surface area (TPSA) is 146 Å². The van der Waals surface area contributed by atoms with E-state index in [9.17, 15) is 30.3 Å². The van der Waals surface area contributed by atoms with Crippen LogP contribution in [0.2, 0.25) is 0 Å². The van der Waals surface area contributed by atoms with Gasteiger partial charge in [0.15, 0.2) is 12.4 Å². The molecular formula is C21H28O9. The van der Waals surface area contributed by atoms with Gasteiger partial charge in [-0.1, -0.05) is 25.0 Å². The van der Waals surface area contributed by atoms with E-state index >= 15 is 0 Å². The van der Waals surface area contributed by atoms with Crippen LogP contribution in [0.15, 0.2) is 30.3 Å². The van der Waals surface area contributed by atoms with Crippen molar-refractivity contribution in [2.45, 2.75) is 68.6 Å². The molecule has 2 fully saturated rings. The summed E-state index contributed by atoms with van der Waals surface area (Å²) in [5, 5.41) is 49.8. The van der Waals surface area contributed by atoms with Crippen LogP contribution < -0.4 is 0 Å². The highest BCUT2D eigenvalue weighted by Crippen LogP contribution is 2.29. The molecule has 7 atom stereocenters. The molecule has 1 aliphatic heterocycles. The third kappa shape index (κ3) is 5.57. The number of hydrogen-bond acceptors (Lipinski definition) is 9. The van der Waals surface area contributed by atoms with Gasteiger partial charge in [0, 0.05) is 6.08 Å². The Morgan fingerprint density at radius 1 is 1.10 bits per heavy atom. The maximum Gasteiger partial charge on any atom is 0.331 e. The number of aromatic hydroxyl groups is 1. The average molecular weight is 424 g/mol. The largest absolute Gasteiger partial charge is 0.508 e. The minimum atomic E-state index is -1.55. The second-order valence-electron chi connectivity index (χ2n) is 7.56. The van der Waals surface area contributed by atoms with Crippen molar-refractivity contribution in [1.82, 2.24) is 0 Å². The number of ether oxygens (including phenoxy) is 3. The predicted octanol–water partition coefficient (Wildman–Crippen LogP) is 0.0763. The van der Waals surface area contributed by atoms with Crippen molar-refractivity contribution in [2.75, 3.05) is 6.61 Å². The molecule has 0 radical (unpaired) electrons. The van der Waals surface area contributed by atoms with Crippen LogP contribution in [-0.4, -0.2) is 81.0 Å². The van der Waals surface area contributed by atoms with Gasteiger partial charge in [-0.2, -0.15) is 0 Å². The van der Waals surface area contributed by atoms with Crippen LogP contribution in [0.3, 0.4) is 0 Å². The van der Waals surface area contributed by atoms with Crippen molar-refractivity contribution >= 4 is 12.0 Å². The molecule has 9 heteroatoms. The van der Waals surface area contributed by atoms with Crippen LogP contribution in [0.5, 0.6) is 5.75 Å². The number of phenolic OH excluding ortho intramolecular Hbond substituents is 1. The number of benzene rings is 1. The molecule has 1 aromatic rings. The Labute approximate surface area is 174 Å². The lowest BCUT2D eigenvalue weighted by molar-refractivity contribution is -0.319. The molecule has 1 heterocycles. The van der Waals surface area contributed by atoms with Gasteiger partial charge in [-0.25, -0.2) is 4.79 Å². The Kier molecular flexibility index (Phi) is 7.81. The molecule has 166 valence electrons. The number of carbonyl (C=O) groups is 1. The molecule has 1 saturated carbocycles. The fraction of sp³-hybridized carbons (Fsp3) is 0.571. The fourth-order valence-electron chi connectivity index (χ4n) is 3.64. The van der Waals surface area contributed by atoms with Gasteiger partial charge >= 0.3 is 5.97 Å². The Hall–Kier alpha value is -2.01.